The Kier molecular flexibility index (Phi) is 5.61. The Morgan fingerprint density at radius 2 is 1.28 bits per heavy atom. The molecule has 1 fully saturated rings. The van der Waals surface area contributed by atoms with Crippen molar-refractivity contribution >= 4 is 49.8 Å². The van der Waals surface area contributed by atoms with Crippen LogP contribution >= 0.6 is 31.9 Å². The molecule has 6 heteroatoms. The zero-order valence-corrected chi connectivity index (χ0v) is 16.1. The molecule has 0 aliphatic carbocycles. The van der Waals surface area contributed by atoms with Crippen LogP contribution in [-0.2, 0) is 4.79 Å². The number of carbonyl (C=O) groups is 1. The number of piperidine rings is 1. The monoisotopic (exact) mass is 467 g/mol. The lowest BCUT2D eigenvalue weighted by molar-refractivity contribution is -0.112. The number of hydrogen-bond acceptors (Lipinski definition) is 2. The minimum Gasteiger partial charge on any atom is -0.308 e. The molecule has 25 heavy (non-hydrogen) atoms. The van der Waals surface area contributed by atoms with E-state index in [2.05, 4.69) is 37.2 Å². The van der Waals surface area contributed by atoms with Crippen molar-refractivity contribution in [2.75, 3.05) is 13.1 Å². The van der Waals surface area contributed by atoms with Gasteiger partial charge in [-0.15, -0.1) is 0 Å². The fourth-order valence-electron chi connectivity index (χ4n) is 2.54. The molecule has 1 N–H and O–H groups in total. The smallest absolute Gasteiger partial charge is 0.187 e. The summed E-state index contributed by atoms with van der Waals surface area (Å²) >= 11 is 6.41. The number of carbonyl (C=O) groups excluding carboxylic acids is 1. The summed E-state index contributed by atoms with van der Waals surface area (Å²) in [5.41, 5.74) is 1.56. The van der Waals surface area contributed by atoms with Gasteiger partial charge in [-0.2, -0.15) is 0 Å². The maximum absolute atomic E-state index is 14.0. The van der Waals surface area contributed by atoms with E-state index in [0.29, 0.717) is 44.3 Å². The molecule has 2 aromatic carbocycles. The summed E-state index contributed by atoms with van der Waals surface area (Å²) < 4.78 is 29.2. The van der Waals surface area contributed by atoms with Crippen molar-refractivity contribution in [2.24, 2.45) is 0 Å². The van der Waals surface area contributed by atoms with E-state index in [1.54, 1.807) is 24.3 Å². The highest BCUT2D eigenvalue weighted by atomic mass is 79.9. The van der Waals surface area contributed by atoms with E-state index >= 15 is 0 Å². The first-order valence-corrected chi connectivity index (χ1v) is 9.09. The predicted molar refractivity (Wildman–Crippen MR) is 102 cm³/mol. The average molecular weight is 469 g/mol. The highest BCUT2D eigenvalue weighted by Crippen LogP contribution is 2.23. The Labute approximate surface area is 160 Å². The number of nitrogens with one attached hydrogen (secondary N) is 1. The van der Waals surface area contributed by atoms with Crippen LogP contribution in [0.5, 0.6) is 0 Å². The Bertz CT molecular complexity index is 835. The van der Waals surface area contributed by atoms with E-state index in [0.717, 1.165) is 0 Å². The van der Waals surface area contributed by atoms with Crippen LogP contribution in [0.15, 0.2) is 56.5 Å². The largest absolute Gasteiger partial charge is 0.308 e. The van der Waals surface area contributed by atoms with E-state index in [-0.39, 0.29) is 5.78 Å². The van der Waals surface area contributed by atoms with Crippen LogP contribution in [0, 0.1) is 11.6 Å². The van der Waals surface area contributed by atoms with Gasteiger partial charge in [0.15, 0.2) is 5.78 Å². The van der Waals surface area contributed by atoms with Gasteiger partial charge in [0.05, 0.1) is 0 Å². The van der Waals surface area contributed by atoms with E-state index in [1.807, 2.05) is 0 Å². The molecule has 1 aliphatic rings. The zero-order valence-electron chi connectivity index (χ0n) is 13.0. The predicted octanol–water partition coefficient (Wildman–Crippen LogP) is 5.13. The molecule has 0 amide bonds. The normalized spacial score (nSPS) is 18.2. The van der Waals surface area contributed by atoms with Crippen LogP contribution in [0.2, 0.25) is 0 Å². The van der Waals surface area contributed by atoms with Gasteiger partial charge >= 0.3 is 0 Å². The summed E-state index contributed by atoms with van der Waals surface area (Å²) in [6.07, 6.45) is 3.06. The highest BCUT2D eigenvalue weighted by Gasteiger charge is 2.21. The number of ketones is 1. The van der Waals surface area contributed by atoms with Crippen LogP contribution in [0.3, 0.4) is 0 Å². The molecule has 1 heterocycles. The minimum atomic E-state index is -0.412. The number of hydrogen-bond donors (Lipinski definition) is 1. The zero-order chi connectivity index (χ0) is 18.0. The summed E-state index contributed by atoms with van der Waals surface area (Å²) in [6.45, 7) is 0.684. The summed E-state index contributed by atoms with van der Waals surface area (Å²) in [5.74, 6) is -1.03. The van der Waals surface area contributed by atoms with Crippen LogP contribution in [-0.4, -0.2) is 18.9 Å². The van der Waals surface area contributed by atoms with E-state index < -0.39 is 11.6 Å². The van der Waals surface area contributed by atoms with Crippen molar-refractivity contribution in [3.63, 3.8) is 0 Å². The molecule has 0 radical (unpaired) electrons. The average Bonchev–Trinajstić information content (AvgIpc) is 2.56. The molecule has 0 unspecified atom stereocenters. The van der Waals surface area contributed by atoms with Crippen molar-refractivity contribution in [2.45, 2.75) is 0 Å². The van der Waals surface area contributed by atoms with Crippen LogP contribution in [0.4, 0.5) is 8.78 Å². The molecule has 3 rings (SSSR count). The number of benzene rings is 2. The molecule has 0 bridgehead atoms. The molecule has 128 valence electrons. The van der Waals surface area contributed by atoms with Gasteiger partial charge < -0.3 is 5.32 Å². The summed E-state index contributed by atoms with van der Waals surface area (Å²) in [6, 6.07) is 9.33. The fourth-order valence-corrected chi connectivity index (χ4v) is 3.21. The van der Waals surface area contributed by atoms with Gasteiger partial charge in [-0.05, 0) is 36.4 Å². The summed E-state index contributed by atoms with van der Waals surface area (Å²) in [7, 11) is 0. The quantitative estimate of drug-likeness (QED) is 0.619. The molecule has 1 aliphatic heterocycles. The Morgan fingerprint density at radius 1 is 0.840 bits per heavy atom. The number of halogens is 4. The van der Waals surface area contributed by atoms with E-state index in [9.17, 15) is 13.6 Å². The standard InChI is InChI=1S/C19H13Br2F2NO/c20-15-3-1-11(17(22)7-15)5-13-9-24-10-14(19(13)25)6-12-2-4-16(21)8-18(12)23/h1-8,24H,9-10H2. The molecule has 2 aromatic rings. The third-order valence-corrected chi connectivity index (χ3v) is 4.79. The summed E-state index contributed by atoms with van der Waals surface area (Å²) in [4.78, 5) is 12.7. The Balaban J connectivity index is 1.93. The molecule has 0 aromatic heterocycles. The molecular formula is C19H13Br2F2NO. The second kappa shape index (κ2) is 7.72. The van der Waals surface area contributed by atoms with Gasteiger partial charge in [0.2, 0.25) is 0 Å². The van der Waals surface area contributed by atoms with E-state index in [1.165, 1.54) is 24.3 Å². The van der Waals surface area contributed by atoms with Gasteiger partial charge in [0.1, 0.15) is 11.6 Å². The first-order valence-electron chi connectivity index (χ1n) is 7.51. The maximum Gasteiger partial charge on any atom is 0.187 e. The van der Waals surface area contributed by atoms with Crippen molar-refractivity contribution in [3.05, 3.63) is 79.3 Å². The lowest BCUT2D eigenvalue weighted by Crippen LogP contribution is -2.32. The van der Waals surface area contributed by atoms with Gasteiger partial charge in [-0.25, -0.2) is 8.78 Å². The van der Waals surface area contributed by atoms with Crippen LogP contribution in [0.1, 0.15) is 11.1 Å². The van der Waals surface area contributed by atoms with Crippen molar-refractivity contribution < 1.29 is 13.6 Å². The number of rotatable bonds is 2. The minimum absolute atomic E-state index is 0.205. The maximum atomic E-state index is 14.0. The molecule has 1 saturated heterocycles. The third-order valence-electron chi connectivity index (χ3n) is 3.80. The van der Waals surface area contributed by atoms with Gasteiger partial charge in [-0.1, -0.05) is 44.0 Å². The number of Topliss-reactive ketones (excluding diaryl/α,β-unsaturated/α-hetero) is 1. The van der Waals surface area contributed by atoms with E-state index in [4.69, 9.17) is 0 Å². The van der Waals surface area contributed by atoms with Gasteiger partial charge in [-0.3, -0.25) is 4.79 Å². The van der Waals surface area contributed by atoms with Crippen molar-refractivity contribution in [1.29, 1.82) is 0 Å². The first kappa shape index (κ1) is 18.2. The molecular weight excluding hydrogens is 456 g/mol. The molecule has 2 nitrogen and oxygen atoms in total. The fraction of sp³-hybridized carbons (Fsp3) is 0.105. The first-order chi connectivity index (χ1) is 11.9. The van der Waals surface area contributed by atoms with Crippen molar-refractivity contribution in [1.82, 2.24) is 5.32 Å². The Morgan fingerprint density at radius 3 is 1.68 bits per heavy atom. The van der Waals surface area contributed by atoms with Crippen LogP contribution in [0.25, 0.3) is 12.2 Å². The Hall–Kier alpha value is -1.63. The lowest BCUT2D eigenvalue weighted by Gasteiger charge is -2.18. The van der Waals surface area contributed by atoms with Gasteiger partial charge in [0, 0.05) is 44.3 Å². The second-order valence-electron chi connectivity index (χ2n) is 5.60. The summed E-state index contributed by atoms with van der Waals surface area (Å²) in [5, 5.41) is 3.10. The molecule has 0 saturated carbocycles. The topological polar surface area (TPSA) is 29.1 Å². The second-order valence-corrected chi connectivity index (χ2v) is 7.43. The lowest BCUT2D eigenvalue weighted by atomic mass is 9.95. The SMILES string of the molecule is O=C1C(=Cc2ccc(Br)cc2F)CNCC1=Cc1ccc(Br)cc1F. The molecule has 0 atom stereocenters. The highest BCUT2D eigenvalue weighted by molar-refractivity contribution is 9.10. The van der Waals surface area contributed by atoms with Gasteiger partial charge in [0.25, 0.3) is 0 Å². The molecule has 0 spiro atoms. The van der Waals surface area contributed by atoms with Crippen molar-refractivity contribution in [3.8, 4) is 0 Å². The van der Waals surface area contributed by atoms with Crippen LogP contribution < -0.4 is 5.32 Å². The third kappa shape index (κ3) is 4.32.